The van der Waals surface area contributed by atoms with Crippen molar-refractivity contribution in [2.75, 3.05) is 25.4 Å². The van der Waals surface area contributed by atoms with Crippen LogP contribution in [0.4, 0.5) is 5.69 Å². The Labute approximate surface area is 126 Å². The van der Waals surface area contributed by atoms with Crippen molar-refractivity contribution in [3.8, 4) is 0 Å². The van der Waals surface area contributed by atoms with Crippen LogP contribution in [0.3, 0.4) is 0 Å². The van der Waals surface area contributed by atoms with Crippen molar-refractivity contribution in [1.29, 1.82) is 0 Å². The fraction of sp³-hybridized carbons (Fsp3) is 0.643. The number of hydrogen-bond acceptors (Lipinski definition) is 5. The van der Waals surface area contributed by atoms with E-state index >= 15 is 0 Å². The van der Waals surface area contributed by atoms with Crippen LogP contribution in [-0.2, 0) is 10.0 Å². The van der Waals surface area contributed by atoms with Crippen LogP contribution < -0.4 is 10.5 Å². The SMILES string of the molecule is CC1CCCCN1CCCNS(=O)(=O)c1cnccc1N. The highest BCUT2D eigenvalue weighted by molar-refractivity contribution is 7.89. The van der Waals surface area contributed by atoms with Crippen molar-refractivity contribution >= 4 is 15.7 Å². The van der Waals surface area contributed by atoms with Crippen molar-refractivity contribution < 1.29 is 8.42 Å². The van der Waals surface area contributed by atoms with E-state index in [0.717, 1.165) is 19.5 Å². The number of pyridine rings is 1. The zero-order valence-corrected chi connectivity index (χ0v) is 13.3. The van der Waals surface area contributed by atoms with E-state index in [1.807, 2.05) is 0 Å². The summed E-state index contributed by atoms with van der Waals surface area (Å²) in [6.07, 6.45) is 7.32. The lowest BCUT2D eigenvalue weighted by atomic mass is 10.0. The molecule has 1 aromatic rings. The largest absolute Gasteiger partial charge is 0.398 e. The van der Waals surface area contributed by atoms with E-state index in [2.05, 4.69) is 21.5 Å². The maximum absolute atomic E-state index is 12.1. The molecule has 0 radical (unpaired) electrons. The first-order chi connectivity index (χ1) is 10.0. The number of nitrogens with one attached hydrogen (secondary N) is 1. The average molecular weight is 312 g/mol. The number of nitrogens with zero attached hydrogens (tertiary/aromatic N) is 2. The minimum absolute atomic E-state index is 0.0522. The average Bonchev–Trinajstić information content (AvgIpc) is 2.45. The van der Waals surface area contributed by atoms with E-state index in [1.54, 1.807) is 0 Å². The highest BCUT2D eigenvalue weighted by atomic mass is 32.2. The van der Waals surface area contributed by atoms with Crippen LogP contribution in [0.15, 0.2) is 23.4 Å². The Balaban J connectivity index is 1.81. The third-order valence-electron chi connectivity index (χ3n) is 3.96. The fourth-order valence-electron chi connectivity index (χ4n) is 2.67. The molecule has 2 heterocycles. The summed E-state index contributed by atoms with van der Waals surface area (Å²) in [7, 11) is -3.56. The second-order valence-corrected chi connectivity index (χ2v) is 7.28. The molecule has 6 nitrogen and oxygen atoms in total. The molecule has 1 aromatic heterocycles. The first kappa shape index (κ1) is 16.2. The molecule has 3 N–H and O–H groups in total. The Bertz CT molecular complexity index is 562. The summed E-state index contributed by atoms with van der Waals surface area (Å²) in [6, 6.07) is 2.09. The third kappa shape index (κ3) is 4.39. The van der Waals surface area contributed by atoms with Gasteiger partial charge in [0.2, 0.25) is 10.0 Å². The Morgan fingerprint density at radius 2 is 2.29 bits per heavy atom. The first-order valence-electron chi connectivity index (χ1n) is 7.44. The van der Waals surface area contributed by atoms with E-state index in [1.165, 1.54) is 37.7 Å². The van der Waals surface area contributed by atoms with Gasteiger partial charge in [-0.3, -0.25) is 4.98 Å². The molecule has 0 aromatic carbocycles. The van der Waals surface area contributed by atoms with Gasteiger partial charge in [0.15, 0.2) is 0 Å². The van der Waals surface area contributed by atoms with Gasteiger partial charge in [0, 0.05) is 25.0 Å². The van der Waals surface area contributed by atoms with Crippen LogP contribution in [0.5, 0.6) is 0 Å². The lowest BCUT2D eigenvalue weighted by molar-refractivity contribution is 0.159. The zero-order chi connectivity index (χ0) is 15.3. The maximum atomic E-state index is 12.1. The molecule has 118 valence electrons. The molecular weight excluding hydrogens is 288 g/mol. The molecule has 7 heteroatoms. The van der Waals surface area contributed by atoms with Gasteiger partial charge in [-0.2, -0.15) is 0 Å². The predicted molar refractivity (Wildman–Crippen MR) is 83.3 cm³/mol. The van der Waals surface area contributed by atoms with Gasteiger partial charge in [-0.25, -0.2) is 13.1 Å². The van der Waals surface area contributed by atoms with Gasteiger partial charge >= 0.3 is 0 Å². The number of likely N-dealkylation sites (tertiary alicyclic amines) is 1. The number of anilines is 1. The van der Waals surface area contributed by atoms with Gasteiger partial charge < -0.3 is 10.6 Å². The monoisotopic (exact) mass is 312 g/mol. The van der Waals surface area contributed by atoms with Gasteiger partial charge in [-0.15, -0.1) is 0 Å². The Hall–Kier alpha value is -1.18. The van der Waals surface area contributed by atoms with Crippen molar-refractivity contribution in [3.63, 3.8) is 0 Å². The van der Waals surface area contributed by atoms with Crippen LogP contribution in [0, 0.1) is 0 Å². The molecule has 0 aliphatic carbocycles. The van der Waals surface area contributed by atoms with E-state index < -0.39 is 10.0 Å². The minimum Gasteiger partial charge on any atom is -0.398 e. The van der Waals surface area contributed by atoms with Gasteiger partial charge in [0.1, 0.15) is 4.90 Å². The molecule has 1 aliphatic rings. The van der Waals surface area contributed by atoms with Gasteiger partial charge in [0.05, 0.1) is 5.69 Å². The molecule has 21 heavy (non-hydrogen) atoms. The quantitative estimate of drug-likeness (QED) is 0.771. The lowest BCUT2D eigenvalue weighted by Crippen LogP contribution is -2.39. The van der Waals surface area contributed by atoms with Crippen LogP contribution in [-0.4, -0.2) is 44.0 Å². The Kier molecular flexibility index (Phi) is 5.55. The third-order valence-corrected chi connectivity index (χ3v) is 5.47. The van der Waals surface area contributed by atoms with Crippen molar-refractivity contribution in [3.05, 3.63) is 18.5 Å². The lowest BCUT2D eigenvalue weighted by Gasteiger charge is -2.33. The molecule has 0 amide bonds. The molecule has 0 saturated carbocycles. The number of piperidine rings is 1. The molecule has 2 rings (SSSR count). The van der Waals surface area contributed by atoms with Gasteiger partial charge in [0.25, 0.3) is 0 Å². The summed E-state index contributed by atoms with van der Waals surface area (Å²) in [4.78, 5) is 6.29. The van der Waals surface area contributed by atoms with E-state index in [4.69, 9.17) is 5.73 Å². The second-order valence-electron chi connectivity index (χ2n) is 5.55. The summed E-state index contributed by atoms with van der Waals surface area (Å²) < 4.78 is 26.8. The van der Waals surface area contributed by atoms with Crippen molar-refractivity contribution in [2.24, 2.45) is 0 Å². The van der Waals surface area contributed by atoms with E-state index in [-0.39, 0.29) is 10.6 Å². The molecule has 1 saturated heterocycles. The minimum atomic E-state index is -3.56. The zero-order valence-electron chi connectivity index (χ0n) is 12.5. The number of nitrogen functional groups attached to an aromatic ring is 1. The highest BCUT2D eigenvalue weighted by Crippen LogP contribution is 2.17. The van der Waals surface area contributed by atoms with E-state index in [9.17, 15) is 8.42 Å². The number of hydrogen-bond donors (Lipinski definition) is 2. The molecule has 1 unspecified atom stereocenters. The first-order valence-corrected chi connectivity index (χ1v) is 8.92. The number of nitrogens with two attached hydrogens (primary N) is 1. The number of sulfonamides is 1. The second kappa shape index (κ2) is 7.20. The van der Waals surface area contributed by atoms with Crippen LogP contribution in [0.2, 0.25) is 0 Å². The summed E-state index contributed by atoms with van der Waals surface area (Å²) in [5, 5.41) is 0. The Morgan fingerprint density at radius 1 is 1.48 bits per heavy atom. The fourth-order valence-corrected chi connectivity index (χ4v) is 3.82. The van der Waals surface area contributed by atoms with Gasteiger partial charge in [-0.05, 0) is 45.3 Å². The topological polar surface area (TPSA) is 88.3 Å². The standard InChI is InChI=1S/C14H24N4O2S/c1-12-5-2-3-9-18(12)10-4-7-17-21(19,20)14-11-16-8-6-13(14)15/h6,8,11-12,17H,2-5,7,9-10H2,1H3,(H2,15,16). The van der Waals surface area contributed by atoms with Crippen LogP contribution >= 0.6 is 0 Å². The molecule has 0 bridgehead atoms. The number of rotatable bonds is 6. The summed E-state index contributed by atoms with van der Waals surface area (Å²) in [5.41, 5.74) is 5.90. The molecular formula is C14H24N4O2S. The molecule has 1 aliphatic heterocycles. The predicted octanol–water partition coefficient (Wildman–Crippen LogP) is 1.21. The molecule has 0 spiro atoms. The molecule has 1 fully saturated rings. The smallest absolute Gasteiger partial charge is 0.244 e. The Morgan fingerprint density at radius 3 is 3.00 bits per heavy atom. The summed E-state index contributed by atoms with van der Waals surface area (Å²) in [5.74, 6) is 0. The van der Waals surface area contributed by atoms with E-state index in [0.29, 0.717) is 12.6 Å². The molecule has 1 atom stereocenters. The number of aromatic nitrogens is 1. The van der Waals surface area contributed by atoms with Crippen LogP contribution in [0.1, 0.15) is 32.6 Å². The highest BCUT2D eigenvalue weighted by Gasteiger charge is 2.19. The summed E-state index contributed by atoms with van der Waals surface area (Å²) >= 11 is 0. The van der Waals surface area contributed by atoms with Crippen LogP contribution in [0.25, 0.3) is 0 Å². The van der Waals surface area contributed by atoms with Gasteiger partial charge in [-0.1, -0.05) is 6.42 Å². The normalized spacial score (nSPS) is 20.5. The van der Waals surface area contributed by atoms with Crippen molar-refractivity contribution in [2.45, 2.75) is 43.5 Å². The summed E-state index contributed by atoms with van der Waals surface area (Å²) in [6.45, 7) is 4.69. The maximum Gasteiger partial charge on any atom is 0.244 e. The van der Waals surface area contributed by atoms with Crippen molar-refractivity contribution in [1.82, 2.24) is 14.6 Å².